The molecule has 90 valence electrons. The standard InChI is InChI=1S/C11H17ClN2OS/c1-9(16(2)15)5-6-13-7-10-3-4-11(12)14-8-10/h3-4,8-9,13H,5-7H2,1-2H3. The zero-order valence-electron chi connectivity index (χ0n) is 9.57. The van der Waals surface area contributed by atoms with Gasteiger partial charge >= 0.3 is 0 Å². The van der Waals surface area contributed by atoms with Crippen molar-refractivity contribution in [1.82, 2.24) is 10.3 Å². The van der Waals surface area contributed by atoms with E-state index in [-0.39, 0.29) is 5.25 Å². The molecule has 0 fully saturated rings. The fourth-order valence-electron chi connectivity index (χ4n) is 1.22. The van der Waals surface area contributed by atoms with Gasteiger partial charge in [-0.2, -0.15) is 0 Å². The molecule has 0 saturated carbocycles. The third kappa shape index (κ3) is 5.05. The minimum absolute atomic E-state index is 0.246. The van der Waals surface area contributed by atoms with Crippen LogP contribution in [0.5, 0.6) is 0 Å². The summed E-state index contributed by atoms with van der Waals surface area (Å²) in [6, 6.07) is 3.73. The topological polar surface area (TPSA) is 42.0 Å². The largest absolute Gasteiger partial charge is 0.313 e. The van der Waals surface area contributed by atoms with E-state index in [1.165, 1.54) is 0 Å². The van der Waals surface area contributed by atoms with Gasteiger partial charge in [-0.3, -0.25) is 4.21 Å². The summed E-state index contributed by atoms with van der Waals surface area (Å²) >= 11 is 5.68. The van der Waals surface area contributed by atoms with E-state index in [0.717, 1.165) is 25.1 Å². The van der Waals surface area contributed by atoms with Crippen LogP contribution < -0.4 is 5.32 Å². The predicted octanol–water partition coefficient (Wildman–Crippen LogP) is 1.98. The number of nitrogens with zero attached hydrogens (tertiary/aromatic N) is 1. The van der Waals surface area contributed by atoms with Gasteiger partial charge < -0.3 is 5.32 Å². The Bertz CT molecular complexity index is 342. The lowest BCUT2D eigenvalue weighted by Gasteiger charge is -2.09. The third-order valence-electron chi connectivity index (χ3n) is 2.41. The number of pyridine rings is 1. The third-order valence-corrected chi connectivity index (χ3v) is 4.00. The lowest BCUT2D eigenvalue weighted by atomic mass is 10.2. The van der Waals surface area contributed by atoms with Gasteiger partial charge in [0.15, 0.2) is 0 Å². The van der Waals surface area contributed by atoms with Crippen LogP contribution in [0.1, 0.15) is 18.9 Å². The highest BCUT2D eigenvalue weighted by atomic mass is 35.5. The van der Waals surface area contributed by atoms with E-state index in [1.54, 1.807) is 18.5 Å². The molecule has 5 heteroatoms. The molecule has 1 aromatic rings. The van der Waals surface area contributed by atoms with Crippen molar-refractivity contribution < 1.29 is 4.21 Å². The molecule has 0 bridgehead atoms. The van der Waals surface area contributed by atoms with Gasteiger partial charge in [0.2, 0.25) is 0 Å². The van der Waals surface area contributed by atoms with Crippen molar-refractivity contribution in [3.05, 3.63) is 29.0 Å². The second kappa shape index (κ2) is 6.99. The molecule has 1 heterocycles. The van der Waals surface area contributed by atoms with Crippen LogP contribution >= 0.6 is 11.6 Å². The van der Waals surface area contributed by atoms with Crippen LogP contribution in [0.4, 0.5) is 0 Å². The van der Waals surface area contributed by atoms with E-state index in [9.17, 15) is 4.21 Å². The molecule has 0 spiro atoms. The van der Waals surface area contributed by atoms with Gasteiger partial charge in [-0.25, -0.2) is 4.98 Å². The maximum atomic E-state index is 11.1. The highest BCUT2D eigenvalue weighted by molar-refractivity contribution is 7.84. The fraction of sp³-hybridized carbons (Fsp3) is 0.545. The molecule has 16 heavy (non-hydrogen) atoms. The maximum absolute atomic E-state index is 11.1. The second-order valence-electron chi connectivity index (χ2n) is 3.76. The number of halogens is 1. The predicted molar refractivity (Wildman–Crippen MR) is 69.1 cm³/mol. The molecule has 1 rings (SSSR count). The molecule has 1 aromatic heterocycles. The number of hydrogen-bond acceptors (Lipinski definition) is 3. The van der Waals surface area contributed by atoms with Crippen molar-refractivity contribution >= 4 is 22.4 Å². The number of rotatable bonds is 6. The average molecular weight is 261 g/mol. The monoisotopic (exact) mass is 260 g/mol. The zero-order chi connectivity index (χ0) is 12.0. The fourth-order valence-corrected chi connectivity index (χ4v) is 1.78. The molecule has 3 nitrogen and oxygen atoms in total. The minimum Gasteiger partial charge on any atom is -0.313 e. The Labute approximate surface area is 104 Å². The van der Waals surface area contributed by atoms with Crippen LogP contribution in [0.2, 0.25) is 5.15 Å². The summed E-state index contributed by atoms with van der Waals surface area (Å²) < 4.78 is 11.1. The van der Waals surface area contributed by atoms with E-state index in [2.05, 4.69) is 10.3 Å². The second-order valence-corrected chi connectivity index (χ2v) is 5.95. The van der Waals surface area contributed by atoms with Crippen LogP contribution in [-0.2, 0) is 17.3 Å². The lowest BCUT2D eigenvalue weighted by molar-refractivity contribution is 0.628. The molecule has 0 aliphatic heterocycles. The van der Waals surface area contributed by atoms with Crippen LogP contribution in [0.3, 0.4) is 0 Å². The first-order valence-electron chi connectivity index (χ1n) is 5.23. The molecule has 0 aromatic carbocycles. The molecule has 1 N–H and O–H groups in total. The molecule has 0 amide bonds. The van der Waals surface area contributed by atoms with Crippen LogP contribution in [0.25, 0.3) is 0 Å². The van der Waals surface area contributed by atoms with E-state index in [0.29, 0.717) is 5.15 Å². The molecule has 0 aliphatic rings. The van der Waals surface area contributed by atoms with Crippen molar-refractivity contribution in [1.29, 1.82) is 0 Å². The smallest absolute Gasteiger partial charge is 0.129 e. The Morgan fingerprint density at radius 1 is 1.56 bits per heavy atom. The van der Waals surface area contributed by atoms with Gasteiger partial charge in [0.1, 0.15) is 5.15 Å². The van der Waals surface area contributed by atoms with Crippen LogP contribution in [0, 0.1) is 0 Å². The van der Waals surface area contributed by atoms with Gasteiger partial charge in [-0.15, -0.1) is 0 Å². The van der Waals surface area contributed by atoms with Gasteiger partial charge in [0.05, 0.1) is 0 Å². The Kier molecular flexibility index (Phi) is 5.95. The lowest BCUT2D eigenvalue weighted by Crippen LogP contribution is -2.20. The van der Waals surface area contributed by atoms with E-state index in [1.807, 2.05) is 13.0 Å². The summed E-state index contributed by atoms with van der Waals surface area (Å²) in [4.78, 5) is 4.00. The molecule has 0 radical (unpaired) electrons. The molecule has 2 atom stereocenters. The highest BCUT2D eigenvalue weighted by Crippen LogP contribution is 2.05. The van der Waals surface area contributed by atoms with Gasteiger partial charge in [0.25, 0.3) is 0 Å². The van der Waals surface area contributed by atoms with Crippen molar-refractivity contribution in [3.63, 3.8) is 0 Å². The average Bonchev–Trinajstić information content (AvgIpc) is 2.26. The van der Waals surface area contributed by atoms with E-state index < -0.39 is 10.8 Å². The van der Waals surface area contributed by atoms with Crippen molar-refractivity contribution in [2.75, 3.05) is 12.8 Å². The molecular weight excluding hydrogens is 244 g/mol. The number of aromatic nitrogens is 1. The van der Waals surface area contributed by atoms with Crippen molar-refractivity contribution in [3.8, 4) is 0 Å². The summed E-state index contributed by atoms with van der Waals surface area (Å²) in [5.74, 6) is 0. The summed E-state index contributed by atoms with van der Waals surface area (Å²) in [7, 11) is -0.731. The Morgan fingerprint density at radius 3 is 2.88 bits per heavy atom. The molecule has 0 saturated heterocycles. The summed E-state index contributed by atoms with van der Waals surface area (Å²) in [6.07, 6.45) is 4.43. The summed E-state index contributed by atoms with van der Waals surface area (Å²) in [5.41, 5.74) is 1.11. The molecule has 0 aliphatic carbocycles. The normalized spacial score (nSPS) is 14.7. The first-order chi connectivity index (χ1) is 7.59. The first-order valence-corrected chi connectivity index (χ1v) is 7.23. The van der Waals surface area contributed by atoms with Crippen molar-refractivity contribution in [2.24, 2.45) is 0 Å². The molecule has 2 unspecified atom stereocenters. The highest BCUT2D eigenvalue weighted by Gasteiger charge is 2.04. The Morgan fingerprint density at radius 2 is 2.31 bits per heavy atom. The summed E-state index contributed by atoms with van der Waals surface area (Å²) in [6.45, 7) is 3.64. The number of hydrogen-bond donors (Lipinski definition) is 1. The Hall–Kier alpha value is -0.450. The van der Waals surface area contributed by atoms with Gasteiger partial charge in [-0.05, 0) is 24.6 Å². The zero-order valence-corrected chi connectivity index (χ0v) is 11.1. The van der Waals surface area contributed by atoms with Crippen LogP contribution in [-0.4, -0.2) is 27.2 Å². The first kappa shape index (κ1) is 13.6. The molecular formula is C11H17ClN2OS. The SMILES string of the molecule is CC(CCNCc1ccc(Cl)nc1)S(C)=O. The van der Waals surface area contributed by atoms with Gasteiger partial charge in [-0.1, -0.05) is 24.6 Å². The van der Waals surface area contributed by atoms with E-state index >= 15 is 0 Å². The van der Waals surface area contributed by atoms with Gasteiger partial charge in [0, 0.05) is 35.0 Å². The number of nitrogens with one attached hydrogen (secondary N) is 1. The van der Waals surface area contributed by atoms with Crippen molar-refractivity contribution in [2.45, 2.75) is 25.1 Å². The quantitative estimate of drug-likeness (QED) is 0.628. The maximum Gasteiger partial charge on any atom is 0.129 e. The minimum atomic E-state index is -0.731. The van der Waals surface area contributed by atoms with E-state index in [4.69, 9.17) is 11.6 Å². The van der Waals surface area contributed by atoms with Crippen LogP contribution in [0.15, 0.2) is 18.3 Å². The summed E-state index contributed by atoms with van der Waals surface area (Å²) in [5, 5.41) is 4.05. The Balaban J connectivity index is 2.21.